The van der Waals surface area contributed by atoms with Crippen LogP contribution < -0.4 is 0 Å². The van der Waals surface area contributed by atoms with Crippen LogP contribution in [0.5, 0.6) is 0 Å². The molecule has 0 amide bonds. The number of fused-ring (bicyclic) bond motifs is 1. The van der Waals surface area contributed by atoms with Gasteiger partial charge in [0.1, 0.15) is 0 Å². The molecule has 0 aliphatic carbocycles. The minimum Gasteiger partial charge on any atom is -0.332 e. The van der Waals surface area contributed by atoms with Crippen LogP contribution in [0.3, 0.4) is 0 Å². The topological polar surface area (TPSA) is 38.9 Å². The molecular weight excluding hydrogens is 262 g/mol. The molecule has 0 bridgehead atoms. The van der Waals surface area contributed by atoms with E-state index in [-0.39, 0.29) is 0 Å². The van der Waals surface area contributed by atoms with Gasteiger partial charge in [0, 0.05) is 44.8 Å². The Morgan fingerprint density at radius 1 is 1.10 bits per heavy atom. The molecular formula is C16H17N5. The quantitative estimate of drug-likeness (QED) is 0.737. The van der Waals surface area contributed by atoms with E-state index in [1.807, 2.05) is 29.5 Å². The minimum atomic E-state index is 0.973. The van der Waals surface area contributed by atoms with Crippen molar-refractivity contribution in [1.82, 2.24) is 24.2 Å². The molecule has 3 aromatic rings. The van der Waals surface area contributed by atoms with E-state index in [0.717, 1.165) is 31.9 Å². The van der Waals surface area contributed by atoms with Crippen LogP contribution in [0.15, 0.2) is 55.2 Å². The van der Waals surface area contributed by atoms with Crippen LogP contribution in [0.1, 0.15) is 11.3 Å². The fourth-order valence-electron chi connectivity index (χ4n) is 2.81. The minimum absolute atomic E-state index is 0.973. The molecule has 21 heavy (non-hydrogen) atoms. The van der Waals surface area contributed by atoms with Gasteiger partial charge in [-0.3, -0.25) is 4.90 Å². The first kappa shape index (κ1) is 12.3. The first-order valence-corrected chi connectivity index (χ1v) is 7.19. The second kappa shape index (κ2) is 5.18. The standard InChI is InChI=1S/C16H17N5/c1-6-18-21(7-1)15-4-2-14(3-5-15)11-19-8-9-20-13-17-10-16(20)12-19/h1-7,10,13H,8-9,11-12H2. The Bertz CT molecular complexity index is 711. The Hall–Kier alpha value is -2.40. The molecule has 0 fully saturated rings. The van der Waals surface area contributed by atoms with E-state index in [4.69, 9.17) is 0 Å². The molecule has 0 radical (unpaired) electrons. The van der Waals surface area contributed by atoms with Gasteiger partial charge < -0.3 is 4.57 Å². The maximum absolute atomic E-state index is 4.25. The number of benzene rings is 1. The molecule has 1 aliphatic rings. The van der Waals surface area contributed by atoms with Crippen LogP contribution in [0.4, 0.5) is 0 Å². The molecule has 0 N–H and O–H groups in total. The Morgan fingerprint density at radius 3 is 2.81 bits per heavy atom. The van der Waals surface area contributed by atoms with Crippen molar-refractivity contribution in [2.75, 3.05) is 6.54 Å². The molecule has 0 atom stereocenters. The number of hydrogen-bond acceptors (Lipinski definition) is 3. The fraction of sp³-hybridized carbons (Fsp3) is 0.250. The lowest BCUT2D eigenvalue weighted by molar-refractivity contribution is 0.213. The van der Waals surface area contributed by atoms with E-state index in [9.17, 15) is 0 Å². The molecule has 106 valence electrons. The molecule has 3 heterocycles. The van der Waals surface area contributed by atoms with Gasteiger partial charge >= 0.3 is 0 Å². The summed E-state index contributed by atoms with van der Waals surface area (Å²) in [4.78, 5) is 6.67. The van der Waals surface area contributed by atoms with Crippen LogP contribution in [0.25, 0.3) is 5.69 Å². The number of imidazole rings is 1. The third kappa shape index (κ3) is 2.48. The van der Waals surface area contributed by atoms with Gasteiger partial charge in [0.2, 0.25) is 0 Å². The summed E-state index contributed by atoms with van der Waals surface area (Å²) in [5.41, 5.74) is 3.73. The lowest BCUT2D eigenvalue weighted by Crippen LogP contribution is -2.32. The van der Waals surface area contributed by atoms with Gasteiger partial charge in [0.25, 0.3) is 0 Å². The van der Waals surface area contributed by atoms with Crippen molar-refractivity contribution in [2.24, 2.45) is 0 Å². The fourth-order valence-corrected chi connectivity index (χ4v) is 2.81. The first-order valence-electron chi connectivity index (χ1n) is 7.19. The zero-order valence-electron chi connectivity index (χ0n) is 11.8. The van der Waals surface area contributed by atoms with Gasteiger partial charge in [0.05, 0.1) is 17.7 Å². The van der Waals surface area contributed by atoms with Crippen molar-refractivity contribution < 1.29 is 0 Å². The lowest BCUT2D eigenvalue weighted by Gasteiger charge is -2.28. The summed E-state index contributed by atoms with van der Waals surface area (Å²) in [6.07, 6.45) is 7.64. The van der Waals surface area contributed by atoms with Gasteiger partial charge in [-0.2, -0.15) is 5.10 Å². The number of nitrogens with zero attached hydrogens (tertiary/aromatic N) is 5. The highest BCUT2D eigenvalue weighted by Gasteiger charge is 2.15. The second-order valence-corrected chi connectivity index (χ2v) is 5.41. The molecule has 1 aromatic carbocycles. The van der Waals surface area contributed by atoms with E-state index < -0.39 is 0 Å². The summed E-state index contributed by atoms with van der Waals surface area (Å²) in [6, 6.07) is 10.5. The average molecular weight is 279 g/mol. The maximum atomic E-state index is 4.25. The molecule has 0 spiro atoms. The largest absolute Gasteiger partial charge is 0.332 e. The van der Waals surface area contributed by atoms with Crippen molar-refractivity contribution in [3.05, 3.63) is 66.5 Å². The van der Waals surface area contributed by atoms with Crippen LogP contribution >= 0.6 is 0 Å². The molecule has 2 aromatic heterocycles. The van der Waals surface area contributed by atoms with Crippen molar-refractivity contribution in [3.63, 3.8) is 0 Å². The van der Waals surface area contributed by atoms with E-state index in [2.05, 4.69) is 43.8 Å². The Morgan fingerprint density at radius 2 is 2.00 bits per heavy atom. The highest BCUT2D eigenvalue weighted by molar-refractivity contribution is 5.33. The summed E-state index contributed by atoms with van der Waals surface area (Å²) in [5.74, 6) is 0. The highest BCUT2D eigenvalue weighted by atomic mass is 15.3. The van der Waals surface area contributed by atoms with Crippen molar-refractivity contribution >= 4 is 0 Å². The molecule has 1 aliphatic heterocycles. The van der Waals surface area contributed by atoms with Gasteiger partial charge in [0.15, 0.2) is 0 Å². The zero-order chi connectivity index (χ0) is 14.1. The van der Waals surface area contributed by atoms with Gasteiger partial charge in [-0.15, -0.1) is 0 Å². The predicted molar refractivity (Wildman–Crippen MR) is 79.9 cm³/mol. The SMILES string of the molecule is c1cnn(-c2ccc(CN3CCn4cncc4C3)cc2)c1. The van der Waals surface area contributed by atoms with Crippen LogP contribution in [-0.4, -0.2) is 30.8 Å². The van der Waals surface area contributed by atoms with Gasteiger partial charge in [-0.1, -0.05) is 12.1 Å². The van der Waals surface area contributed by atoms with Crippen LogP contribution in [-0.2, 0) is 19.6 Å². The Balaban J connectivity index is 1.46. The smallest absolute Gasteiger partial charge is 0.0949 e. The van der Waals surface area contributed by atoms with Gasteiger partial charge in [-0.05, 0) is 23.8 Å². The van der Waals surface area contributed by atoms with Crippen molar-refractivity contribution in [3.8, 4) is 5.69 Å². The second-order valence-electron chi connectivity index (χ2n) is 5.41. The maximum Gasteiger partial charge on any atom is 0.0949 e. The van der Waals surface area contributed by atoms with E-state index >= 15 is 0 Å². The monoisotopic (exact) mass is 279 g/mol. The third-order valence-electron chi connectivity index (χ3n) is 3.95. The van der Waals surface area contributed by atoms with Crippen LogP contribution in [0, 0.1) is 0 Å². The molecule has 5 heteroatoms. The van der Waals surface area contributed by atoms with Crippen molar-refractivity contribution in [2.45, 2.75) is 19.6 Å². The summed E-state index contributed by atoms with van der Waals surface area (Å²) in [5, 5.41) is 4.25. The molecule has 5 nitrogen and oxygen atoms in total. The Labute approximate surface area is 123 Å². The van der Waals surface area contributed by atoms with E-state index in [1.165, 1.54) is 11.3 Å². The molecule has 4 rings (SSSR count). The third-order valence-corrected chi connectivity index (χ3v) is 3.95. The summed E-state index contributed by atoms with van der Waals surface area (Å²) in [6.45, 7) is 4.05. The summed E-state index contributed by atoms with van der Waals surface area (Å²) >= 11 is 0. The van der Waals surface area contributed by atoms with Crippen molar-refractivity contribution in [1.29, 1.82) is 0 Å². The highest BCUT2D eigenvalue weighted by Crippen LogP contribution is 2.16. The van der Waals surface area contributed by atoms with E-state index in [0.29, 0.717) is 0 Å². The summed E-state index contributed by atoms with van der Waals surface area (Å²) < 4.78 is 4.11. The number of aromatic nitrogens is 4. The normalized spacial score (nSPS) is 15.0. The molecule has 0 unspecified atom stereocenters. The van der Waals surface area contributed by atoms with Crippen LogP contribution in [0.2, 0.25) is 0 Å². The number of rotatable bonds is 3. The van der Waals surface area contributed by atoms with Gasteiger partial charge in [-0.25, -0.2) is 9.67 Å². The first-order chi connectivity index (χ1) is 10.4. The predicted octanol–water partition coefficient (Wildman–Crippen LogP) is 2.08. The molecule has 0 saturated carbocycles. The summed E-state index contributed by atoms with van der Waals surface area (Å²) in [7, 11) is 0. The Kier molecular flexibility index (Phi) is 3.05. The average Bonchev–Trinajstić information content (AvgIpc) is 3.19. The van der Waals surface area contributed by atoms with E-state index in [1.54, 1.807) is 6.20 Å². The number of hydrogen-bond donors (Lipinski definition) is 0. The lowest BCUT2D eigenvalue weighted by atomic mass is 10.2. The zero-order valence-corrected chi connectivity index (χ0v) is 11.8. The molecule has 0 saturated heterocycles.